The zero-order valence-electron chi connectivity index (χ0n) is 22.6. The first kappa shape index (κ1) is 28.8. The van der Waals surface area contributed by atoms with Crippen LogP contribution >= 0.6 is 0 Å². The molecule has 0 bridgehead atoms. The van der Waals surface area contributed by atoms with Crippen LogP contribution in [0.25, 0.3) is 6.08 Å². The van der Waals surface area contributed by atoms with E-state index in [4.69, 9.17) is 14.2 Å². The summed E-state index contributed by atoms with van der Waals surface area (Å²) in [6, 6.07) is 5.09. The predicted octanol–water partition coefficient (Wildman–Crippen LogP) is 3.78. The van der Waals surface area contributed by atoms with Crippen molar-refractivity contribution < 1.29 is 38.4 Å². The molecule has 3 aliphatic heterocycles. The quantitative estimate of drug-likeness (QED) is 0.443. The maximum Gasteiger partial charge on any atom is 0.309 e. The van der Waals surface area contributed by atoms with Gasteiger partial charge in [0, 0.05) is 18.5 Å². The van der Waals surface area contributed by atoms with E-state index < -0.39 is 53.5 Å². The molecule has 3 aliphatic rings. The summed E-state index contributed by atoms with van der Waals surface area (Å²) in [7, 11) is 0. The second kappa shape index (κ2) is 11.5. The van der Waals surface area contributed by atoms with Crippen molar-refractivity contribution in [1.82, 2.24) is 4.98 Å². The number of pyridine rings is 1. The third-order valence-electron chi connectivity index (χ3n) is 8.43. The minimum atomic E-state index is -1.38. The van der Waals surface area contributed by atoms with Gasteiger partial charge < -0.3 is 24.4 Å². The van der Waals surface area contributed by atoms with Crippen LogP contribution in [0.5, 0.6) is 0 Å². The first-order valence-electron chi connectivity index (χ1n) is 13.6. The molecule has 210 valence electrons. The lowest BCUT2D eigenvalue weighted by Crippen LogP contribution is -2.47. The number of carbonyl (C=O) groups is 2. The van der Waals surface area contributed by atoms with Crippen LogP contribution in [-0.4, -0.2) is 69.7 Å². The molecule has 0 amide bonds. The van der Waals surface area contributed by atoms with Crippen molar-refractivity contribution in [2.24, 2.45) is 17.3 Å². The van der Waals surface area contributed by atoms with Gasteiger partial charge >= 0.3 is 5.97 Å². The molecule has 3 saturated heterocycles. The fourth-order valence-corrected chi connectivity index (χ4v) is 5.41. The van der Waals surface area contributed by atoms with E-state index in [1.807, 2.05) is 13.8 Å². The summed E-state index contributed by atoms with van der Waals surface area (Å²) in [5.41, 5.74) is -1.44. The average Bonchev–Trinajstić information content (AvgIpc) is 3.79. The van der Waals surface area contributed by atoms with Gasteiger partial charge in [-0.1, -0.05) is 33.3 Å². The average molecular weight is 534 g/mol. The molecule has 3 unspecified atom stereocenters. The van der Waals surface area contributed by atoms with Gasteiger partial charge in [0.1, 0.15) is 11.6 Å². The Morgan fingerprint density at radius 2 is 1.97 bits per heavy atom. The molecule has 2 N–H and O–H groups in total. The topological polar surface area (TPSA) is 122 Å². The van der Waals surface area contributed by atoms with Crippen molar-refractivity contribution in [3.05, 3.63) is 35.9 Å². The van der Waals surface area contributed by atoms with Crippen LogP contribution in [0.15, 0.2) is 30.2 Å². The SMILES string of the molecule is C[C@H]1CCCC2(C)OC2C[C@@H](C(F)=Cc2ccccn2)OC(=O)C[C@H](O)C(C)(C)C(=O)[C@H](CC2CO2)[C@@H]1O. The number of aromatic nitrogens is 1. The summed E-state index contributed by atoms with van der Waals surface area (Å²) in [6.07, 6.45) is 0.974. The zero-order chi connectivity index (χ0) is 27.7. The Morgan fingerprint density at radius 3 is 2.63 bits per heavy atom. The van der Waals surface area contributed by atoms with E-state index >= 15 is 4.39 Å². The largest absolute Gasteiger partial charge is 0.455 e. The number of fused-ring (bicyclic) bond motifs is 1. The number of halogens is 1. The highest BCUT2D eigenvalue weighted by Crippen LogP contribution is 2.45. The Hall–Kier alpha value is -2.20. The molecule has 4 heterocycles. The lowest BCUT2D eigenvalue weighted by atomic mass is 9.71. The van der Waals surface area contributed by atoms with E-state index in [1.54, 1.807) is 38.2 Å². The molecule has 8 nitrogen and oxygen atoms in total. The molecule has 0 radical (unpaired) electrons. The number of nitrogens with zero attached hydrogens (tertiary/aromatic N) is 1. The van der Waals surface area contributed by atoms with Crippen LogP contribution in [0.4, 0.5) is 4.39 Å². The standard InChI is InChI=1S/C29H40FNO7/c1-17-8-7-10-29(4)24(38-29)14-22(21(30)12-18-9-5-6-11-31-18)37-25(33)15-23(32)28(2,3)27(35)20(26(17)34)13-19-16-36-19/h5-6,9,11-12,17,19-20,22-24,26,32,34H,7-8,10,13-16H2,1-4H3/t17-,19?,20+,22-,23-,24?,26+,29?/m0/s1. The number of cyclic esters (lactones) is 1. The lowest BCUT2D eigenvalue weighted by Gasteiger charge is -2.36. The highest BCUT2D eigenvalue weighted by atomic mass is 19.1. The van der Waals surface area contributed by atoms with E-state index in [-0.39, 0.29) is 30.3 Å². The summed E-state index contributed by atoms with van der Waals surface area (Å²) < 4.78 is 32.2. The van der Waals surface area contributed by atoms with Gasteiger partial charge in [0.2, 0.25) is 0 Å². The molecule has 0 aliphatic carbocycles. The van der Waals surface area contributed by atoms with Crippen LogP contribution in [-0.2, 0) is 23.8 Å². The summed E-state index contributed by atoms with van der Waals surface area (Å²) in [4.78, 5) is 30.7. The van der Waals surface area contributed by atoms with Crippen molar-refractivity contribution in [3.63, 3.8) is 0 Å². The Balaban J connectivity index is 1.58. The molecule has 4 rings (SSSR count). The van der Waals surface area contributed by atoms with Crippen LogP contribution in [0, 0.1) is 17.3 Å². The molecule has 1 aromatic heterocycles. The number of Topliss-reactive ketones (excluding diaryl/α,β-unsaturated/α-hetero) is 1. The lowest BCUT2D eigenvalue weighted by molar-refractivity contribution is -0.155. The molecule has 38 heavy (non-hydrogen) atoms. The number of rotatable bonds is 4. The first-order valence-corrected chi connectivity index (χ1v) is 13.6. The molecule has 9 heteroatoms. The summed E-state index contributed by atoms with van der Waals surface area (Å²) in [5.74, 6) is -2.71. The third kappa shape index (κ3) is 6.86. The Kier molecular flexibility index (Phi) is 8.71. The fraction of sp³-hybridized carbons (Fsp3) is 0.690. The van der Waals surface area contributed by atoms with Gasteiger partial charge in [0.25, 0.3) is 0 Å². The second-order valence-electron chi connectivity index (χ2n) is 11.9. The molecule has 1 aromatic rings. The third-order valence-corrected chi connectivity index (χ3v) is 8.43. The van der Waals surface area contributed by atoms with Crippen LogP contribution in [0.2, 0.25) is 0 Å². The minimum Gasteiger partial charge on any atom is -0.455 e. The van der Waals surface area contributed by atoms with Crippen molar-refractivity contribution in [3.8, 4) is 0 Å². The highest BCUT2D eigenvalue weighted by Gasteiger charge is 2.53. The van der Waals surface area contributed by atoms with Gasteiger partial charge in [0.15, 0.2) is 6.10 Å². The number of ketones is 1. The van der Waals surface area contributed by atoms with Gasteiger partial charge in [-0.2, -0.15) is 0 Å². The second-order valence-corrected chi connectivity index (χ2v) is 11.9. The Labute approximate surface area is 223 Å². The van der Waals surface area contributed by atoms with Gasteiger partial charge in [-0.15, -0.1) is 0 Å². The number of aliphatic hydroxyl groups excluding tert-OH is 2. The normalized spacial score (nSPS) is 38.7. The van der Waals surface area contributed by atoms with Crippen molar-refractivity contribution in [2.45, 2.75) is 102 Å². The smallest absolute Gasteiger partial charge is 0.309 e. The summed E-state index contributed by atoms with van der Waals surface area (Å²) >= 11 is 0. The number of aliphatic hydroxyl groups is 2. The number of esters is 1. The van der Waals surface area contributed by atoms with E-state index in [9.17, 15) is 19.8 Å². The molecular formula is C29H40FNO7. The number of hydrogen-bond donors (Lipinski definition) is 2. The highest BCUT2D eigenvalue weighted by molar-refractivity contribution is 5.88. The molecule has 8 atom stereocenters. The van der Waals surface area contributed by atoms with Crippen molar-refractivity contribution in [2.75, 3.05) is 6.61 Å². The van der Waals surface area contributed by atoms with Gasteiger partial charge in [0.05, 0.1) is 54.2 Å². The maximum absolute atomic E-state index is 15.4. The number of ether oxygens (including phenoxy) is 3. The minimum absolute atomic E-state index is 0.0940. The predicted molar refractivity (Wildman–Crippen MR) is 137 cm³/mol. The molecular weight excluding hydrogens is 493 g/mol. The molecule has 0 aromatic carbocycles. The Morgan fingerprint density at radius 1 is 1.24 bits per heavy atom. The zero-order valence-corrected chi connectivity index (χ0v) is 22.6. The summed E-state index contributed by atoms with van der Waals surface area (Å²) in [5, 5.41) is 22.2. The van der Waals surface area contributed by atoms with E-state index in [1.165, 1.54) is 6.08 Å². The van der Waals surface area contributed by atoms with Crippen LogP contribution < -0.4 is 0 Å². The number of carbonyl (C=O) groups excluding carboxylic acids is 2. The molecule has 0 saturated carbocycles. The first-order chi connectivity index (χ1) is 17.9. The molecule has 0 spiro atoms. The van der Waals surface area contributed by atoms with Gasteiger partial charge in [-0.05, 0) is 50.3 Å². The molecule has 3 fully saturated rings. The fourth-order valence-electron chi connectivity index (χ4n) is 5.41. The Bertz CT molecular complexity index is 1030. The van der Waals surface area contributed by atoms with Crippen molar-refractivity contribution >= 4 is 17.8 Å². The van der Waals surface area contributed by atoms with Gasteiger partial charge in [-0.25, -0.2) is 4.39 Å². The maximum atomic E-state index is 15.4. The summed E-state index contributed by atoms with van der Waals surface area (Å²) in [6.45, 7) is 7.54. The number of epoxide rings is 2. The van der Waals surface area contributed by atoms with Crippen LogP contribution in [0.3, 0.4) is 0 Å². The van der Waals surface area contributed by atoms with E-state index in [0.29, 0.717) is 31.6 Å². The van der Waals surface area contributed by atoms with Crippen molar-refractivity contribution in [1.29, 1.82) is 0 Å². The van der Waals surface area contributed by atoms with Gasteiger partial charge in [-0.3, -0.25) is 14.6 Å². The van der Waals surface area contributed by atoms with E-state index in [2.05, 4.69) is 4.98 Å². The monoisotopic (exact) mass is 533 g/mol. The van der Waals surface area contributed by atoms with E-state index in [0.717, 1.165) is 6.42 Å². The van der Waals surface area contributed by atoms with Crippen LogP contribution in [0.1, 0.15) is 71.9 Å². The number of hydrogen-bond acceptors (Lipinski definition) is 8.